The van der Waals surface area contributed by atoms with Gasteiger partial charge in [-0.1, -0.05) is 18.2 Å². The van der Waals surface area contributed by atoms with Crippen molar-refractivity contribution in [3.05, 3.63) is 60.2 Å². The number of aromatic amines is 1. The smallest absolute Gasteiger partial charge is 0.301 e. The molecular formula is C19H22N4O2. The van der Waals surface area contributed by atoms with Crippen molar-refractivity contribution < 1.29 is 9.21 Å². The maximum Gasteiger partial charge on any atom is 0.301 e. The van der Waals surface area contributed by atoms with E-state index in [4.69, 9.17) is 4.42 Å². The van der Waals surface area contributed by atoms with Gasteiger partial charge in [0.15, 0.2) is 5.76 Å². The van der Waals surface area contributed by atoms with Crippen LogP contribution in [0.25, 0.3) is 10.9 Å². The molecule has 0 unspecified atom stereocenters. The molecule has 1 aliphatic rings. The molecule has 6 heteroatoms. The number of hydrogen-bond donors (Lipinski definition) is 2. The minimum atomic E-state index is -0.183. The van der Waals surface area contributed by atoms with Crippen LogP contribution in [0.2, 0.25) is 0 Å². The summed E-state index contributed by atoms with van der Waals surface area (Å²) < 4.78 is 5.12. The molecule has 1 aromatic carbocycles. The number of para-hydroxylation sites is 1. The number of fused-ring (bicyclic) bond motifs is 1. The fourth-order valence-electron chi connectivity index (χ4n) is 3.31. The number of hydrazine groups is 1. The van der Waals surface area contributed by atoms with Gasteiger partial charge in [-0.05, 0) is 30.2 Å². The number of nitrogens with one attached hydrogen (secondary N) is 2. The molecule has 2 aromatic heterocycles. The molecule has 3 aromatic rings. The zero-order valence-corrected chi connectivity index (χ0v) is 14.1. The van der Waals surface area contributed by atoms with Gasteiger partial charge in [0.05, 0.1) is 6.26 Å². The number of carbonyl (C=O) groups excluding carboxylic acids is 1. The van der Waals surface area contributed by atoms with Crippen molar-refractivity contribution >= 4 is 16.8 Å². The Morgan fingerprint density at radius 2 is 1.96 bits per heavy atom. The van der Waals surface area contributed by atoms with Gasteiger partial charge in [-0.25, -0.2) is 5.01 Å². The van der Waals surface area contributed by atoms with Crippen molar-refractivity contribution in [2.24, 2.45) is 0 Å². The maximum atomic E-state index is 12.0. The van der Waals surface area contributed by atoms with E-state index >= 15 is 0 Å². The molecule has 1 saturated heterocycles. The number of piperazine rings is 1. The predicted octanol–water partition coefficient (Wildman–Crippen LogP) is 2.27. The molecule has 1 fully saturated rings. The third kappa shape index (κ3) is 3.60. The summed E-state index contributed by atoms with van der Waals surface area (Å²) in [5.41, 5.74) is 5.47. The third-order valence-corrected chi connectivity index (χ3v) is 4.75. The summed E-state index contributed by atoms with van der Waals surface area (Å²) in [4.78, 5) is 17.8. The average molecular weight is 338 g/mol. The van der Waals surface area contributed by atoms with Crippen LogP contribution in [0.15, 0.2) is 53.3 Å². The Bertz CT molecular complexity index is 832. The zero-order valence-electron chi connectivity index (χ0n) is 14.1. The fraction of sp³-hybridized carbons (Fsp3) is 0.316. The van der Waals surface area contributed by atoms with Crippen molar-refractivity contribution in [2.45, 2.75) is 6.42 Å². The minimum absolute atomic E-state index is 0.183. The van der Waals surface area contributed by atoms with E-state index in [1.54, 1.807) is 12.1 Å². The first-order chi connectivity index (χ1) is 12.3. The summed E-state index contributed by atoms with van der Waals surface area (Å²) in [6.07, 6.45) is 4.66. The first kappa shape index (κ1) is 15.9. The van der Waals surface area contributed by atoms with Crippen LogP contribution in [-0.4, -0.2) is 53.5 Å². The van der Waals surface area contributed by atoms with Gasteiger partial charge in [-0.2, -0.15) is 0 Å². The second-order valence-electron chi connectivity index (χ2n) is 6.36. The lowest BCUT2D eigenvalue weighted by Crippen LogP contribution is -2.53. The third-order valence-electron chi connectivity index (χ3n) is 4.75. The van der Waals surface area contributed by atoms with Crippen molar-refractivity contribution in [1.29, 1.82) is 0 Å². The molecular weight excluding hydrogens is 316 g/mol. The van der Waals surface area contributed by atoms with Crippen molar-refractivity contribution in [3.63, 3.8) is 0 Å². The lowest BCUT2D eigenvalue weighted by Gasteiger charge is -2.34. The molecule has 1 aliphatic heterocycles. The van der Waals surface area contributed by atoms with E-state index < -0.39 is 0 Å². The van der Waals surface area contributed by atoms with E-state index in [2.05, 4.69) is 45.8 Å². The summed E-state index contributed by atoms with van der Waals surface area (Å²) in [6.45, 7) is 4.56. The van der Waals surface area contributed by atoms with Gasteiger partial charge in [0.2, 0.25) is 0 Å². The minimum Gasteiger partial charge on any atom is -0.459 e. The first-order valence-electron chi connectivity index (χ1n) is 8.66. The Balaban J connectivity index is 1.26. The molecule has 0 saturated carbocycles. The number of carbonyl (C=O) groups is 1. The lowest BCUT2D eigenvalue weighted by molar-refractivity contribution is 0.0598. The van der Waals surface area contributed by atoms with Crippen molar-refractivity contribution in [2.75, 3.05) is 32.7 Å². The standard InChI is InChI=1S/C19H22N4O2/c24-19(18-6-3-13-25-18)21-23-11-9-22(10-12-23)8-7-15-14-20-17-5-2-1-4-16(15)17/h1-6,13-14,20H,7-12H2,(H,21,24). The molecule has 25 heavy (non-hydrogen) atoms. The normalized spacial score (nSPS) is 16.3. The second kappa shape index (κ2) is 7.13. The zero-order chi connectivity index (χ0) is 17.1. The van der Waals surface area contributed by atoms with Gasteiger partial charge in [0.1, 0.15) is 0 Å². The Morgan fingerprint density at radius 1 is 1.12 bits per heavy atom. The van der Waals surface area contributed by atoms with E-state index in [-0.39, 0.29) is 5.91 Å². The molecule has 6 nitrogen and oxygen atoms in total. The van der Waals surface area contributed by atoms with Gasteiger partial charge in [0, 0.05) is 49.8 Å². The molecule has 0 aliphatic carbocycles. The van der Waals surface area contributed by atoms with Crippen LogP contribution in [0.4, 0.5) is 0 Å². The number of amides is 1. The molecule has 3 heterocycles. The number of furan rings is 1. The summed E-state index contributed by atoms with van der Waals surface area (Å²) >= 11 is 0. The highest BCUT2D eigenvalue weighted by atomic mass is 16.3. The SMILES string of the molecule is O=C(NN1CCN(CCc2c[nH]c3ccccc23)CC1)c1ccco1. The Morgan fingerprint density at radius 3 is 2.76 bits per heavy atom. The van der Waals surface area contributed by atoms with Gasteiger partial charge >= 0.3 is 5.91 Å². The summed E-state index contributed by atoms with van der Waals surface area (Å²) in [7, 11) is 0. The topological polar surface area (TPSA) is 64.5 Å². The van der Waals surface area contributed by atoms with Crippen molar-refractivity contribution in [1.82, 2.24) is 20.3 Å². The Kier molecular flexibility index (Phi) is 4.54. The summed E-state index contributed by atoms with van der Waals surface area (Å²) in [6, 6.07) is 11.8. The van der Waals surface area contributed by atoms with Crippen LogP contribution < -0.4 is 5.43 Å². The van der Waals surface area contributed by atoms with Crippen LogP contribution in [0.3, 0.4) is 0 Å². The number of aromatic nitrogens is 1. The predicted molar refractivity (Wildman–Crippen MR) is 96.2 cm³/mol. The molecule has 0 spiro atoms. The highest BCUT2D eigenvalue weighted by Gasteiger charge is 2.19. The highest BCUT2D eigenvalue weighted by Crippen LogP contribution is 2.18. The number of nitrogens with zero attached hydrogens (tertiary/aromatic N) is 2. The molecule has 130 valence electrons. The molecule has 1 amide bonds. The first-order valence-corrected chi connectivity index (χ1v) is 8.66. The molecule has 0 bridgehead atoms. The molecule has 0 radical (unpaired) electrons. The van der Waals surface area contributed by atoms with Crippen LogP contribution in [0.5, 0.6) is 0 Å². The van der Waals surface area contributed by atoms with Crippen LogP contribution in [0, 0.1) is 0 Å². The summed E-state index contributed by atoms with van der Waals surface area (Å²) in [5, 5.41) is 3.28. The van der Waals surface area contributed by atoms with E-state index in [0.717, 1.165) is 39.1 Å². The van der Waals surface area contributed by atoms with Gasteiger partial charge in [0.25, 0.3) is 0 Å². The quantitative estimate of drug-likeness (QED) is 0.749. The van der Waals surface area contributed by atoms with Crippen LogP contribution >= 0.6 is 0 Å². The molecule has 0 atom stereocenters. The monoisotopic (exact) mass is 338 g/mol. The number of H-pyrrole nitrogens is 1. The Hall–Kier alpha value is -2.57. The average Bonchev–Trinajstić information content (AvgIpc) is 3.31. The van der Waals surface area contributed by atoms with Gasteiger partial charge < -0.3 is 14.3 Å². The molecule has 2 N–H and O–H groups in total. The van der Waals surface area contributed by atoms with Gasteiger partial charge in [-0.3, -0.25) is 10.2 Å². The lowest BCUT2D eigenvalue weighted by atomic mass is 10.1. The largest absolute Gasteiger partial charge is 0.459 e. The maximum absolute atomic E-state index is 12.0. The number of rotatable bonds is 5. The number of hydrogen-bond acceptors (Lipinski definition) is 4. The van der Waals surface area contributed by atoms with Crippen molar-refractivity contribution in [3.8, 4) is 0 Å². The molecule has 4 rings (SSSR count). The van der Waals surface area contributed by atoms with E-state index in [0.29, 0.717) is 5.76 Å². The highest BCUT2D eigenvalue weighted by molar-refractivity contribution is 5.90. The van der Waals surface area contributed by atoms with E-state index in [1.807, 2.05) is 5.01 Å². The fourth-order valence-corrected chi connectivity index (χ4v) is 3.31. The van der Waals surface area contributed by atoms with Crippen LogP contribution in [0.1, 0.15) is 16.1 Å². The van der Waals surface area contributed by atoms with E-state index in [1.165, 1.54) is 22.7 Å². The number of benzene rings is 1. The van der Waals surface area contributed by atoms with E-state index in [9.17, 15) is 4.79 Å². The van der Waals surface area contributed by atoms with Gasteiger partial charge in [-0.15, -0.1) is 0 Å². The summed E-state index contributed by atoms with van der Waals surface area (Å²) in [5.74, 6) is 0.166. The second-order valence-corrected chi connectivity index (χ2v) is 6.36. The Labute approximate surface area is 146 Å². The van der Waals surface area contributed by atoms with Crippen LogP contribution in [-0.2, 0) is 6.42 Å².